The molecular weight excluding hydrogens is 458 g/mol. The van der Waals surface area contributed by atoms with Gasteiger partial charge in [0.25, 0.3) is 0 Å². The van der Waals surface area contributed by atoms with Crippen LogP contribution in [0.3, 0.4) is 0 Å². The van der Waals surface area contributed by atoms with Crippen molar-refractivity contribution in [3.8, 4) is 28.8 Å². The van der Waals surface area contributed by atoms with Gasteiger partial charge in [0.1, 0.15) is 29.1 Å². The van der Waals surface area contributed by atoms with Gasteiger partial charge in [-0.25, -0.2) is 9.97 Å². The fraction of sp³-hybridized carbons (Fsp3) is 0. The third kappa shape index (κ3) is 5.94. The second kappa shape index (κ2) is 9.41. The summed E-state index contributed by atoms with van der Waals surface area (Å²) in [6.45, 7) is 0. The number of nitrogens with zero attached hydrogens (tertiary/aromatic N) is 4. The molecule has 0 unspecified atom stereocenters. The summed E-state index contributed by atoms with van der Waals surface area (Å²) >= 11 is 0. The lowest BCUT2D eigenvalue weighted by atomic mass is 10.1. The monoisotopic (exact) mass is 475 g/mol. The maximum atomic E-state index is 10.9. The molecule has 0 saturated heterocycles. The molecule has 4 aromatic rings. The Morgan fingerprint density at radius 2 is 1.65 bits per heavy atom. The maximum Gasteiger partial charge on any atom is 0.357 e. The van der Waals surface area contributed by atoms with Crippen LogP contribution in [0.2, 0.25) is 0 Å². The highest BCUT2D eigenvalue weighted by atomic mass is 32.2. The summed E-state index contributed by atoms with van der Waals surface area (Å²) in [4.78, 5) is 12.3. The number of benzene rings is 2. The number of pyridine rings is 1. The number of aromatic nitrogens is 3. The first kappa shape index (κ1) is 22.5. The lowest BCUT2D eigenvalue weighted by Crippen LogP contribution is -2.10. The van der Waals surface area contributed by atoms with Crippen LogP contribution in [0.5, 0.6) is 11.5 Å². The summed E-state index contributed by atoms with van der Waals surface area (Å²) in [7, 11) is -4.36. The fourth-order valence-corrected chi connectivity index (χ4v) is 3.40. The zero-order valence-electron chi connectivity index (χ0n) is 17.4. The Balaban J connectivity index is 1.48. The molecule has 0 fully saturated rings. The van der Waals surface area contributed by atoms with Crippen molar-refractivity contribution in [2.75, 3.05) is 15.8 Å². The summed E-state index contributed by atoms with van der Waals surface area (Å²) in [6.07, 6.45) is 1.50. The van der Waals surface area contributed by atoms with Crippen molar-refractivity contribution >= 4 is 33.4 Å². The molecule has 11 nitrogen and oxygen atoms in total. The summed E-state index contributed by atoms with van der Waals surface area (Å²) in [5, 5.41) is 12.1. The highest BCUT2D eigenvalue weighted by Gasteiger charge is 2.08. The van der Waals surface area contributed by atoms with E-state index in [1.54, 1.807) is 54.6 Å². The minimum atomic E-state index is -4.36. The van der Waals surface area contributed by atoms with Crippen LogP contribution in [0.15, 0.2) is 72.9 Å². The molecule has 0 spiro atoms. The number of nitrogen functional groups attached to an aromatic ring is 1. The first-order valence-electron chi connectivity index (χ1n) is 9.69. The molecule has 0 aliphatic carbocycles. The van der Waals surface area contributed by atoms with Crippen LogP contribution in [0, 0.1) is 11.3 Å². The SMILES string of the molecule is N#Cc1cc(Oc2ccc(Nc3cc(-c4ccc(NS(=O)(=O)O)cc4)nc(N)n3)cc2)ccn1. The molecule has 2 heterocycles. The van der Waals surface area contributed by atoms with E-state index in [-0.39, 0.29) is 17.3 Å². The zero-order valence-corrected chi connectivity index (χ0v) is 18.2. The quantitative estimate of drug-likeness (QED) is 0.288. The average molecular weight is 475 g/mol. The first-order valence-corrected chi connectivity index (χ1v) is 11.1. The van der Waals surface area contributed by atoms with E-state index in [4.69, 9.17) is 20.3 Å². The van der Waals surface area contributed by atoms with Crippen LogP contribution in [-0.2, 0) is 10.3 Å². The molecule has 0 amide bonds. The molecule has 170 valence electrons. The van der Waals surface area contributed by atoms with Gasteiger partial charge in [-0.2, -0.15) is 18.7 Å². The summed E-state index contributed by atoms with van der Waals surface area (Å²) in [5.74, 6) is 1.57. The van der Waals surface area contributed by atoms with Gasteiger partial charge in [-0.3, -0.25) is 9.27 Å². The van der Waals surface area contributed by atoms with Crippen molar-refractivity contribution in [2.24, 2.45) is 0 Å². The third-order valence-corrected chi connectivity index (χ3v) is 4.87. The Labute approximate surface area is 194 Å². The van der Waals surface area contributed by atoms with Crippen molar-refractivity contribution in [1.29, 1.82) is 5.26 Å². The number of nitriles is 1. The minimum absolute atomic E-state index is 0.0473. The zero-order chi connectivity index (χ0) is 24.1. The molecule has 4 rings (SSSR count). The number of hydrogen-bond acceptors (Lipinski definition) is 9. The van der Waals surface area contributed by atoms with Crippen LogP contribution in [0.25, 0.3) is 11.3 Å². The average Bonchev–Trinajstić information content (AvgIpc) is 2.79. The van der Waals surface area contributed by atoms with E-state index in [1.807, 2.05) is 10.8 Å². The van der Waals surface area contributed by atoms with E-state index in [0.29, 0.717) is 28.6 Å². The normalized spacial score (nSPS) is 10.8. The lowest BCUT2D eigenvalue weighted by Gasteiger charge is -2.10. The fourth-order valence-electron chi connectivity index (χ4n) is 2.96. The van der Waals surface area contributed by atoms with Gasteiger partial charge in [-0.05, 0) is 42.5 Å². The molecule has 0 bridgehead atoms. The molecule has 2 aromatic heterocycles. The Morgan fingerprint density at radius 3 is 2.32 bits per heavy atom. The Bertz CT molecular complexity index is 1470. The number of nitrogens with one attached hydrogen (secondary N) is 2. The summed E-state index contributed by atoms with van der Waals surface area (Å²) in [6, 6.07) is 20.1. The van der Waals surface area contributed by atoms with Gasteiger partial charge in [0.15, 0.2) is 0 Å². The standard InChI is InChI=1S/C22H17N7O4S/c23-13-17-11-19(9-10-25-17)33-18-7-5-15(6-8-18)26-21-12-20(27-22(24)28-21)14-1-3-16(4-2-14)29-34(30,31)32/h1-12,29H,(H,30,31,32)(H3,24,26,27,28). The van der Waals surface area contributed by atoms with E-state index in [1.165, 1.54) is 18.3 Å². The second-order valence-corrected chi connectivity index (χ2v) is 8.05. The van der Waals surface area contributed by atoms with Crippen LogP contribution in [0.4, 0.5) is 23.1 Å². The van der Waals surface area contributed by atoms with Crippen molar-refractivity contribution < 1.29 is 17.7 Å². The number of anilines is 4. The molecule has 12 heteroatoms. The van der Waals surface area contributed by atoms with Gasteiger partial charge < -0.3 is 15.8 Å². The molecule has 2 aromatic carbocycles. The van der Waals surface area contributed by atoms with E-state index in [0.717, 1.165) is 5.69 Å². The summed E-state index contributed by atoms with van der Waals surface area (Å²) < 4.78 is 38.5. The second-order valence-electron chi connectivity index (χ2n) is 6.89. The van der Waals surface area contributed by atoms with Crippen molar-refractivity contribution in [1.82, 2.24) is 15.0 Å². The van der Waals surface area contributed by atoms with Crippen LogP contribution in [-0.4, -0.2) is 27.9 Å². The van der Waals surface area contributed by atoms with E-state index in [2.05, 4.69) is 20.3 Å². The molecule has 0 aliphatic rings. The predicted octanol–water partition coefficient (Wildman–Crippen LogP) is 3.74. The molecule has 0 aliphatic heterocycles. The highest BCUT2D eigenvalue weighted by Crippen LogP contribution is 2.27. The predicted molar refractivity (Wildman–Crippen MR) is 126 cm³/mol. The van der Waals surface area contributed by atoms with Gasteiger partial charge >= 0.3 is 10.3 Å². The van der Waals surface area contributed by atoms with Gasteiger partial charge in [0, 0.05) is 29.6 Å². The van der Waals surface area contributed by atoms with Crippen molar-refractivity contribution in [3.63, 3.8) is 0 Å². The molecular formula is C22H17N7O4S. The Morgan fingerprint density at radius 1 is 0.941 bits per heavy atom. The molecule has 0 saturated carbocycles. The molecule has 34 heavy (non-hydrogen) atoms. The van der Waals surface area contributed by atoms with Gasteiger partial charge in [0.2, 0.25) is 5.95 Å². The van der Waals surface area contributed by atoms with Crippen LogP contribution < -0.4 is 20.5 Å². The van der Waals surface area contributed by atoms with Gasteiger partial charge in [-0.15, -0.1) is 0 Å². The topological polar surface area (TPSA) is 176 Å². The highest BCUT2D eigenvalue weighted by molar-refractivity contribution is 7.87. The van der Waals surface area contributed by atoms with Gasteiger partial charge in [0.05, 0.1) is 11.4 Å². The van der Waals surface area contributed by atoms with Crippen LogP contribution in [0.1, 0.15) is 5.69 Å². The maximum absolute atomic E-state index is 10.9. The minimum Gasteiger partial charge on any atom is -0.457 e. The van der Waals surface area contributed by atoms with E-state index >= 15 is 0 Å². The number of hydrogen-bond donors (Lipinski definition) is 4. The molecule has 0 radical (unpaired) electrons. The van der Waals surface area contributed by atoms with E-state index in [9.17, 15) is 8.42 Å². The van der Waals surface area contributed by atoms with E-state index < -0.39 is 10.3 Å². The number of rotatable bonds is 7. The lowest BCUT2D eigenvalue weighted by molar-refractivity contribution is 0.481. The molecule has 5 N–H and O–H groups in total. The first-order chi connectivity index (χ1) is 16.3. The Hall–Kier alpha value is -4.73. The third-order valence-electron chi connectivity index (χ3n) is 4.38. The van der Waals surface area contributed by atoms with Crippen molar-refractivity contribution in [3.05, 3.63) is 78.6 Å². The number of ether oxygens (including phenoxy) is 1. The smallest absolute Gasteiger partial charge is 0.357 e. The van der Waals surface area contributed by atoms with Crippen LogP contribution >= 0.6 is 0 Å². The van der Waals surface area contributed by atoms with Crippen molar-refractivity contribution in [2.45, 2.75) is 0 Å². The summed E-state index contributed by atoms with van der Waals surface area (Å²) in [5.41, 5.74) is 8.22. The van der Waals surface area contributed by atoms with Gasteiger partial charge in [-0.1, -0.05) is 12.1 Å². The number of nitrogens with two attached hydrogens (primary N) is 1. The molecule has 0 atom stereocenters. The largest absolute Gasteiger partial charge is 0.457 e. The Kier molecular flexibility index (Phi) is 6.22.